The van der Waals surface area contributed by atoms with Crippen molar-refractivity contribution in [1.82, 2.24) is 4.98 Å². The molecule has 2 aromatic heterocycles. The van der Waals surface area contributed by atoms with Crippen LogP contribution >= 0.6 is 11.3 Å². The Morgan fingerprint density at radius 3 is 2.52 bits per heavy atom. The molecule has 1 unspecified atom stereocenters. The van der Waals surface area contributed by atoms with Gasteiger partial charge >= 0.3 is 0 Å². The molecule has 4 nitrogen and oxygen atoms in total. The Morgan fingerprint density at radius 2 is 1.86 bits per heavy atom. The maximum atomic E-state index is 5.64. The number of aromatic nitrogens is 1. The molecule has 0 amide bonds. The Bertz CT molecular complexity index is 736. The van der Waals surface area contributed by atoms with Gasteiger partial charge in [0, 0.05) is 29.0 Å². The van der Waals surface area contributed by atoms with Crippen molar-refractivity contribution in [2.45, 2.75) is 13.0 Å². The summed E-state index contributed by atoms with van der Waals surface area (Å²) in [5.41, 5.74) is 0.822. The van der Waals surface area contributed by atoms with Crippen LogP contribution in [0.3, 0.4) is 0 Å². The van der Waals surface area contributed by atoms with E-state index < -0.39 is 0 Å². The van der Waals surface area contributed by atoms with Crippen LogP contribution in [0.2, 0.25) is 0 Å². The molecule has 110 valence electrons. The molecular formula is C16H17NO3S. The van der Waals surface area contributed by atoms with E-state index in [2.05, 4.69) is 11.1 Å². The molecule has 0 saturated heterocycles. The predicted octanol–water partition coefficient (Wildman–Crippen LogP) is 4.17. The van der Waals surface area contributed by atoms with E-state index in [9.17, 15) is 0 Å². The molecule has 0 radical (unpaired) electrons. The van der Waals surface area contributed by atoms with Gasteiger partial charge in [-0.3, -0.25) is 4.98 Å². The number of methoxy groups -OCH3 is 3. The van der Waals surface area contributed by atoms with Crippen molar-refractivity contribution < 1.29 is 14.2 Å². The van der Waals surface area contributed by atoms with Gasteiger partial charge in [-0.2, -0.15) is 0 Å². The smallest absolute Gasteiger partial charge is 0.163 e. The second kappa shape index (κ2) is 5.50. The van der Waals surface area contributed by atoms with Crippen LogP contribution in [0.25, 0.3) is 21.0 Å². The maximum Gasteiger partial charge on any atom is 0.163 e. The summed E-state index contributed by atoms with van der Waals surface area (Å²) in [5, 5.41) is 2.00. The van der Waals surface area contributed by atoms with Gasteiger partial charge in [-0.15, -0.1) is 11.3 Å². The molecule has 5 heteroatoms. The van der Waals surface area contributed by atoms with Gasteiger partial charge in [-0.25, -0.2) is 0 Å². The van der Waals surface area contributed by atoms with Crippen LogP contribution in [0.1, 0.15) is 17.9 Å². The summed E-state index contributed by atoms with van der Waals surface area (Å²) < 4.78 is 17.7. The zero-order valence-corrected chi connectivity index (χ0v) is 13.3. The fourth-order valence-electron chi connectivity index (χ4n) is 2.50. The van der Waals surface area contributed by atoms with Crippen molar-refractivity contribution in [3.63, 3.8) is 0 Å². The molecular weight excluding hydrogens is 286 g/mol. The monoisotopic (exact) mass is 303 g/mol. The van der Waals surface area contributed by atoms with E-state index in [1.807, 2.05) is 19.1 Å². The Kier molecular flexibility index (Phi) is 3.69. The maximum absolute atomic E-state index is 5.64. The molecule has 0 bridgehead atoms. The van der Waals surface area contributed by atoms with Gasteiger partial charge in [0.15, 0.2) is 5.75 Å². The number of benzene rings is 1. The Morgan fingerprint density at radius 1 is 1.10 bits per heavy atom. The fourth-order valence-corrected chi connectivity index (χ4v) is 3.70. The van der Waals surface area contributed by atoms with Gasteiger partial charge in [0.25, 0.3) is 0 Å². The zero-order chi connectivity index (χ0) is 15.0. The first kappa shape index (κ1) is 14.1. The number of rotatable bonds is 4. The molecule has 0 aliphatic rings. The molecule has 1 atom stereocenters. The highest BCUT2D eigenvalue weighted by atomic mass is 32.1. The van der Waals surface area contributed by atoms with Crippen LogP contribution in [0.5, 0.6) is 11.5 Å². The third kappa shape index (κ3) is 2.13. The topological polar surface area (TPSA) is 40.6 Å². The quantitative estimate of drug-likeness (QED) is 0.725. The number of hydrogen-bond donors (Lipinski definition) is 0. The average Bonchev–Trinajstić information content (AvgIpc) is 2.96. The van der Waals surface area contributed by atoms with Crippen molar-refractivity contribution in [3.05, 3.63) is 29.3 Å². The normalized spacial score (nSPS) is 12.8. The first-order chi connectivity index (χ1) is 10.2. The molecule has 0 spiro atoms. The minimum absolute atomic E-state index is 0.0351. The van der Waals surface area contributed by atoms with Crippen LogP contribution in [0.15, 0.2) is 24.4 Å². The van der Waals surface area contributed by atoms with Crippen LogP contribution < -0.4 is 9.47 Å². The van der Waals surface area contributed by atoms with Crippen molar-refractivity contribution in [1.29, 1.82) is 0 Å². The van der Waals surface area contributed by atoms with Gasteiger partial charge in [-0.05, 0) is 25.1 Å². The summed E-state index contributed by atoms with van der Waals surface area (Å²) in [5.74, 6) is 1.63. The van der Waals surface area contributed by atoms with Crippen LogP contribution in [-0.4, -0.2) is 26.3 Å². The third-order valence-electron chi connectivity index (χ3n) is 3.63. The predicted molar refractivity (Wildman–Crippen MR) is 85.7 cm³/mol. The first-order valence-electron chi connectivity index (χ1n) is 6.66. The van der Waals surface area contributed by atoms with E-state index in [4.69, 9.17) is 14.2 Å². The standard InChI is InChI=1S/C16H17NO3S/c1-9(18-2)12-8-11-14(19-3)10-6-5-7-17-13(10)15(20-4)16(11)21-12/h5-9H,1-4H3. The fraction of sp³-hybridized carbons (Fsp3) is 0.312. The van der Waals surface area contributed by atoms with E-state index >= 15 is 0 Å². The van der Waals surface area contributed by atoms with Gasteiger partial charge in [0.05, 0.1) is 25.0 Å². The van der Waals surface area contributed by atoms with Gasteiger partial charge in [0.1, 0.15) is 11.3 Å². The molecule has 0 saturated carbocycles. The minimum atomic E-state index is 0.0351. The van der Waals surface area contributed by atoms with Gasteiger partial charge < -0.3 is 14.2 Å². The molecule has 0 aliphatic carbocycles. The summed E-state index contributed by atoms with van der Waals surface area (Å²) >= 11 is 1.66. The average molecular weight is 303 g/mol. The Labute approximate surface area is 127 Å². The molecule has 0 N–H and O–H groups in total. The van der Waals surface area contributed by atoms with E-state index in [1.54, 1.807) is 38.9 Å². The SMILES string of the molecule is COc1c2cccnc2c(OC)c2sc(C(C)OC)cc12. The Hall–Kier alpha value is -1.85. The molecule has 21 heavy (non-hydrogen) atoms. The molecule has 0 aliphatic heterocycles. The van der Waals surface area contributed by atoms with Crippen LogP contribution in [-0.2, 0) is 4.74 Å². The lowest BCUT2D eigenvalue weighted by Crippen LogP contribution is -1.92. The summed E-state index contributed by atoms with van der Waals surface area (Å²) in [7, 11) is 5.07. The molecule has 0 fully saturated rings. The summed E-state index contributed by atoms with van der Waals surface area (Å²) in [4.78, 5) is 5.59. The number of nitrogens with zero attached hydrogens (tertiary/aromatic N) is 1. The zero-order valence-electron chi connectivity index (χ0n) is 12.5. The molecule has 3 aromatic rings. The lowest BCUT2D eigenvalue weighted by Gasteiger charge is -2.10. The molecule has 2 heterocycles. The first-order valence-corrected chi connectivity index (χ1v) is 7.47. The molecule has 1 aromatic carbocycles. The van der Waals surface area contributed by atoms with Crippen molar-refractivity contribution in [2.75, 3.05) is 21.3 Å². The second-order valence-electron chi connectivity index (χ2n) is 4.74. The lowest BCUT2D eigenvalue weighted by atomic mass is 10.1. The van der Waals surface area contributed by atoms with E-state index in [0.717, 1.165) is 37.4 Å². The van der Waals surface area contributed by atoms with Crippen molar-refractivity contribution in [3.8, 4) is 11.5 Å². The highest BCUT2D eigenvalue weighted by Gasteiger charge is 2.20. The Balaban J connectivity index is 2.44. The number of fused-ring (bicyclic) bond motifs is 2. The van der Waals surface area contributed by atoms with Gasteiger partial charge in [-0.1, -0.05) is 0 Å². The molecule has 3 rings (SSSR count). The number of pyridine rings is 1. The largest absolute Gasteiger partial charge is 0.495 e. The van der Waals surface area contributed by atoms with Crippen molar-refractivity contribution in [2.24, 2.45) is 0 Å². The van der Waals surface area contributed by atoms with E-state index in [-0.39, 0.29) is 6.10 Å². The highest BCUT2D eigenvalue weighted by Crippen LogP contribution is 2.46. The number of ether oxygens (including phenoxy) is 3. The lowest BCUT2D eigenvalue weighted by molar-refractivity contribution is 0.122. The number of hydrogen-bond acceptors (Lipinski definition) is 5. The summed E-state index contributed by atoms with van der Waals surface area (Å²) in [6.07, 6.45) is 1.80. The number of thiophene rings is 1. The summed E-state index contributed by atoms with van der Waals surface area (Å²) in [6.45, 7) is 2.03. The van der Waals surface area contributed by atoms with E-state index in [1.165, 1.54) is 0 Å². The van der Waals surface area contributed by atoms with Crippen LogP contribution in [0.4, 0.5) is 0 Å². The van der Waals surface area contributed by atoms with Crippen molar-refractivity contribution >= 4 is 32.3 Å². The van der Waals surface area contributed by atoms with E-state index in [0.29, 0.717) is 0 Å². The minimum Gasteiger partial charge on any atom is -0.495 e. The third-order valence-corrected chi connectivity index (χ3v) is 4.93. The second-order valence-corrected chi connectivity index (χ2v) is 5.82. The van der Waals surface area contributed by atoms with Crippen LogP contribution in [0, 0.1) is 0 Å². The highest BCUT2D eigenvalue weighted by molar-refractivity contribution is 7.19. The van der Waals surface area contributed by atoms with Gasteiger partial charge in [0.2, 0.25) is 0 Å². The summed E-state index contributed by atoms with van der Waals surface area (Å²) in [6, 6.07) is 6.02.